The van der Waals surface area contributed by atoms with Crippen molar-refractivity contribution in [3.8, 4) is 0 Å². The van der Waals surface area contributed by atoms with Crippen LogP contribution in [0.2, 0.25) is 5.02 Å². The highest BCUT2D eigenvalue weighted by atomic mass is 35.5. The number of amidine groups is 1. The van der Waals surface area contributed by atoms with Crippen molar-refractivity contribution < 1.29 is 18.0 Å². The maximum atomic E-state index is 13.2. The van der Waals surface area contributed by atoms with Gasteiger partial charge < -0.3 is 16.4 Å². The van der Waals surface area contributed by atoms with Gasteiger partial charge in [-0.25, -0.2) is 9.98 Å². The lowest BCUT2D eigenvalue weighted by molar-refractivity contribution is -0.137. The lowest BCUT2D eigenvalue weighted by Gasteiger charge is -2.44. The molecule has 1 unspecified atom stereocenters. The van der Waals surface area contributed by atoms with E-state index in [1.807, 2.05) is 6.92 Å². The average molecular weight is 536 g/mol. The summed E-state index contributed by atoms with van der Waals surface area (Å²) in [6.45, 7) is 3.10. The number of aliphatic imine (C=N–C) groups is 1. The number of piperidine rings is 1. The number of likely N-dealkylation sites (tertiary alicyclic amines) is 1. The SMILES string of the molecule is C[C@@H]1C(=O)C(Sc2ccnc(N)c2Cl)=CN=C1N1CCC2(CC1)Cc1ccc(C(F)(F)F)cc1C2N. The Bertz CT molecular complexity index is 1290. The van der Waals surface area contributed by atoms with Crippen LogP contribution in [0.1, 0.15) is 42.5 Å². The van der Waals surface area contributed by atoms with Gasteiger partial charge in [0.05, 0.1) is 21.4 Å². The number of carbonyl (C=O) groups is 1. The summed E-state index contributed by atoms with van der Waals surface area (Å²) in [6.07, 6.45) is 0.788. The fraction of sp³-hybridized carbons (Fsp3) is 0.400. The van der Waals surface area contributed by atoms with E-state index in [1.54, 1.807) is 18.3 Å². The predicted molar refractivity (Wildman–Crippen MR) is 135 cm³/mol. The fourth-order valence-corrected chi connectivity index (χ4v) is 6.58. The number of aromatic nitrogens is 1. The molecule has 1 aromatic carbocycles. The number of nitrogen functional groups attached to an aromatic ring is 1. The fourth-order valence-electron chi connectivity index (χ4n) is 5.41. The summed E-state index contributed by atoms with van der Waals surface area (Å²) in [7, 11) is 0. The summed E-state index contributed by atoms with van der Waals surface area (Å²) in [6, 6.07) is 5.16. The molecule has 1 spiro atoms. The maximum absolute atomic E-state index is 13.2. The van der Waals surface area contributed by atoms with Crippen LogP contribution in [0.3, 0.4) is 0 Å². The first-order valence-electron chi connectivity index (χ1n) is 11.6. The summed E-state index contributed by atoms with van der Waals surface area (Å²) in [4.78, 5) is 24.9. The van der Waals surface area contributed by atoms with Gasteiger partial charge in [0.2, 0.25) is 0 Å². The van der Waals surface area contributed by atoms with Crippen molar-refractivity contribution in [2.75, 3.05) is 18.8 Å². The number of alkyl halides is 3. The molecular formula is C25H25ClF3N5OS. The molecule has 0 amide bonds. The van der Waals surface area contributed by atoms with Gasteiger partial charge in [-0.2, -0.15) is 13.2 Å². The van der Waals surface area contributed by atoms with Crippen molar-refractivity contribution in [2.45, 2.75) is 43.3 Å². The Morgan fingerprint density at radius 3 is 2.64 bits per heavy atom. The number of pyridine rings is 1. The zero-order valence-corrected chi connectivity index (χ0v) is 21.1. The number of fused-ring (bicyclic) bond motifs is 1. The third-order valence-corrected chi connectivity index (χ3v) is 9.13. The zero-order valence-electron chi connectivity index (χ0n) is 19.5. The van der Waals surface area contributed by atoms with Crippen molar-refractivity contribution in [3.05, 3.63) is 63.3 Å². The summed E-state index contributed by atoms with van der Waals surface area (Å²) in [5.41, 5.74) is 12.8. The van der Waals surface area contributed by atoms with E-state index in [2.05, 4.69) is 14.9 Å². The largest absolute Gasteiger partial charge is 0.416 e. The molecule has 11 heteroatoms. The molecule has 5 rings (SSSR count). The number of halogens is 4. The Hall–Kier alpha value is -2.56. The topological polar surface area (TPSA) is 97.6 Å². The third-order valence-electron chi connectivity index (χ3n) is 7.53. The molecule has 0 bridgehead atoms. The molecule has 6 nitrogen and oxygen atoms in total. The van der Waals surface area contributed by atoms with Crippen LogP contribution in [0.5, 0.6) is 0 Å². The molecule has 36 heavy (non-hydrogen) atoms. The molecule has 2 aliphatic heterocycles. The van der Waals surface area contributed by atoms with E-state index in [4.69, 9.17) is 23.1 Å². The Balaban J connectivity index is 1.30. The summed E-state index contributed by atoms with van der Waals surface area (Å²) < 4.78 is 39.7. The minimum Gasteiger partial charge on any atom is -0.382 e. The predicted octanol–water partition coefficient (Wildman–Crippen LogP) is 5.23. The van der Waals surface area contributed by atoms with Gasteiger partial charge in [0.25, 0.3) is 0 Å². The van der Waals surface area contributed by atoms with Crippen molar-refractivity contribution >= 4 is 40.8 Å². The Kier molecular flexibility index (Phi) is 6.33. The number of ketones is 1. The molecule has 1 aromatic heterocycles. The first-order valence-corrected chi connectivity index (χ1v) is 12.8. The van der Waals surface area contributed by atoms with Gasteiger partial charge in [-0.05, 0) is 60.9 Å². The van der Waals surface area contributed by atoms with Gasteiger partial charge in [-0.15, -0.1) is 0 Å². The van der Waals surface area contributed by atoms with E-state index in [9.17, 15) is 18.0 Å². The molecule has 0 saturated carbocycles. The van der Waals surface area contributed by atoms with Crippen LogP contribution in [0.4, 0.5) is 19.0 Å². The van der Waals surface area contributed by atoms with Crippen molar-refractivity contribution in [3.63, 3.8) is 0 Å². The number of nitrogens with zero attached hydrogens (tertiary/aromatic N) is 3. The van der Waals surface area contributed by atoms with Crippen LogP contribution in [0.25, 0.3) is 0 Å². The van der Waals surface area contributed by atoms with Crippen molar-refractivity contribution in [2.24, 2.45) is 22.1 Å². The van der Waals surface area contributed by atoms with Crippen LogP contribution in [0.15, 0.2) is 51.5 Å². The van der Waals surface area contributed by atoms with E-state index in [0.29, 0.717) is 58.6 Å². The van der Waals surface area contributed by atoms with Gasteiger partial charge in [0.15, 0.2) is 5.78 Å². The first-order chi connectivity index (χ1) is 17.0. The van der Waals surface area contributed by atoms with E-state index >= 15 is 0 Å². The quantitative estimate of drug-likeness (QED) is 0.547. The number of benzene rings is 1. The Morgan fingerprint density at radius 2 is 1.94 bits per heavy atom. The highest BCUT2D eigenvalue weighted by Gasteiger charge is 2.47. The van der Waals surface area contributed by atoms with Crippen molar-refractivity contribution in [1.29, 1.82) is 0 Å². The van der Waals surface area contributed by atoms with Gasteiger partial charge in [0, 0.05) is 36.4 Å². The van der Waals surface area contributed by atoms with E-state index in [0.717, 1.165) is 11.6 Å². The number of nitrogens with two attached hydrogens (primary N) is 2. The van der Waals surface area contributed by atoms with Crippen LogP contribution in [-0.2, 0) is 17.4 Å². The van der Waals surface area contributed by atoms with Gasteiger partial charge in [-0.1, -0.05) is 29.4 Å². The second-order valence-electron chi connectivity index (χ2n) is 9.59. The third kappa shape index (κ3) is 4.29. The smallest absolute Gasteiger partial charge is 0.382 e. The Labute approximate surface area is 216 Å². The van der Waals surface area contributed by atoms with E-state index < -0.39 is 23.7 Å². The van der Waals surface area contributed by atoms with Crippen LogP contribution in [0, 0.1) is 11.3 Å². The molecule has 190 valence electrons. The van der Waals surface area contributed by atoms with E-state index in [-0.39, 0.29) is 17.0 Å². The molecule has 0 radical (unpaired) electrons. The number of hydrogen-bond acceptors (Lipinski definition) is 7. The second-order valence-corrected chi connectivity index (χ2v) is 11.1. The second kappa shape index (κ2) is 9.08. The molecule has 4 N–H and O–H groups in total. The Morgan fingerprint density at radius 1 is 1.22 bits per heavy atom. The standard InChI is InChI=1S/C25H25ClF3N5OS/c1-13-20(35)18(36-17-4-7-32-22(31)19(17)26)12-33-23(13)34-8-5-24(6-9-34)11-14-2-3-15(25(27,28)29)10-16(14)21(24)30/h2-4,7,10,12-13,21H,5-6,8-9,11,30H2,1H3,(H2,31,32)/t13-,21?/m1/s1. The van der Waals surface area contributed by atoms with Gasteiger partial charge in [-0.3, -0.25) is 4.79 Å². The molecule has 1 saturated heterocycles. The summed E-state index contributed by atoms with van der Waals surface area (Å²) >= 11 is 7.44. The molecular weight excluding hydrogens is 511 g/mol. The van der Waals surface area contributed by atoms with Gasteiger partial charge >= 0.3 is 6.18 Å². The molecule has 1 aliphatic carbocycles. The van der Waals surface area contributed by atoms with Crippen LogP contribution < -0.4 is 11.5 Å². The molecule has 2 atom stereocenters. The maximum Gasteiger partial charge on any atom is 0.416 e. The number of Topliss-reactive ketones (excluding diaryl/α,β-unsaturated/α-hetero) is 1. The molecule has 3 aliphatic rings. The van der Waals surface area contributed by atoms with Crippen LogP contribution in [-0.4, -0.2) is 34.6 Å². The molecule has 3 heterocycles. The summed E-state index contributed by atoms with van der Waals surface area (Å²) in [5.74, 6) is 0.407. The minimum atomic E-state index is -4.39. The summed E-state index contributed by atoms with van der Waals surface area (Å²) in [5, 5.41) is 0.302. The highest BCUT2D eigenvalue weighted by molar-refractivity contribution is 8.04. The number of rotatable bonds is 2. The average Bonchev–Trinajstić information content (AvgIpc) is 3.11. The number of thioether (sulfide) groups is 1. The van der Waals surface area contributed by atoms with Crippen LogP contribution >= 0.6 is 23.4 Å². The number of allylic oxidation sites excluding steroid dienone is 1. The normalized spacial score (nSPS) is 23.5. The minimum absolute atomic E-state index is 0.0543. The van der Waals surface area contributed by atoms with Gasteiger partial charge in [0.1, 0.15) is 11.7 Å². The monoisotopic (exact) mass is 535 g/mol. The lowest BCUT2D eigenvalue weighted by atomic mass is 9.73. The first kappa shape index (κ1) is 25.1. The molecule has 2 aromatic rings. The lowest BCUT2D eigenvalue weighted by Crippen LogP contribution is -2.49. The van der Waals surface area contributed by atoms with E-state index in [1.165, 1.54) is 24.0 Å². The zero-order chi connectivity index (χ0) is 25.8. The van der Waals surface area contributed by atoms with Crippen molar-refractivity contribution in [1.82, 2.24) is 9.88 Å². The highest BCUT2D eigenvalue weighted by Crippen LogP contribution is 2.52. The number of carbonyl (C=O) groups excluding carboxylic acids is 1. The molecule has 1 fully saturated rings. The number of anilines is 1. The number of hydrogen-bond donors (Lipinski definition) is 2.